The van der Waals surface area contributed by atoms with Gasteiger partial charge in [0.05, 0.1) is 12.7 Å². The van der Waals surface area contributed by atoms with Crippen LogP contribution in [0.1, 0.15) is 123 Å². The highest BCUT2D eigenvalue weighted by Crippen LogP contribution is 2.11. The molecule has 0 heterocycles. The molecule has 0 aromatic carbocycles. The van der Waals surface area contributed by atoms with Crippen molar-refractivity contribution >= 4 is 11.9 Å². The fourth-order valence-electron chi connectivity index (χ4n) is 3.76. The number of hydrogen-bond acceptors (Lipinski definition) is 6. The second-order valence-electron chi connectivity index (χ2n) is 9.65. The third-order valence-electron chi connectivity index (χ3n) is 6.03. The monoisotopic (exact) mass is 522 g/mol. The van der Waals surface area contributed by atoms with Crippen molar-refractivity contribution < 1.29 is 29.3 Å². The van der Waals surface area contributed by atoms with Crippen molar-refractivity contribution in [2.24, 2.45) is 0 Å². The van der Waals surface area contributed by atoms with Gasteiger partial charge in [-0.1, -0.05) is 108 Å². The Bertz CT molecular complexity index is 625. The highest BCUT2D eigenvalue weighted by Gasteiger charge is 2.16. The van der Waals surface area contributed by atoms with Crippen molar-refractivity contribution in [3.63, 3.8) is 0 Å². The zero-order chi connectivity index (χ0) is 27.4. The van der Waals surface area contributed by atoms with E-state index in [0.29, 0.717) is 19.3 Å². The Morgan fingerprint density at radius 3 is 2.03 bits per heavy atom. The maximum atomic E-state index is 11.9. The van der Waals surface area contributed by atoms with Crippen LogP contribution in [0.2, 0.25) is 0 Å². The van der Waals surface area contributed by atoms with Gasteiger partial charge in [0.1, 0.15) is 6.61 Å². The van der Waals surface area contributed by atoms with E-state index < -0.39 is 12.2 Å². The van der Waals surface area contributed by atoms with Crippen LogP contribution in [-0.4, -0.2) is 47.6 Å². The molecule has 2 N–H and O–H groups in total. The van der Waals surface area contributed by atoms with Crippen LogP contribution >= 0.6 is 0 Å². The number of carbonyl (C=O) groups excluding carboxylic acids is 2. The number of rotatable bonds is 25. The lowest BCUT2D eigenvalue weighted by Crippen LogP contribution is -2.28. The summed E-state index contributed by atoms with van der Waals surface area (Å²) in [6, 6.07) is 0. The van der Waals surface area contributed by atoms with Crippen LogP contribution in [0.3, 0.4) is 0 Å². The summed E-state index contributed by atoms with van der Waals surface area (Å²) in [6.07, 6.45) is 26.8. The van der Waals surface area contributed by atoms with Gasteiger partial charge in [0.25, 0.3) is 0 Å². The molecule has 0 aliphatic heterocycles. The summed E-state index contributed by atoms with van der Waals surface area (Å²) < 4.78 is 10.4. The number of ether oxygens (including phenoxy) is 2. The maximum absolute atomic E-state index is 11.9. The first-order chi connectivity index (χ1) is 18.0. The lowest BCUT2D eigenvalue weighted by Gasteiger charge is -2.15. The number of aliphatic hydroxyl groups excluding tert-OH is 2. The number of esters is 2. The molecule has 0 radical (unpaired) electrons. The number of carbonyl (C=O) groups is 2. The fraction of sp³-hybridized carbons (Fsp3) is 0.742. The van der Waals surface area contributed by atoms with E-state index in [1.54, 1.807) is 6.08 Å². The first kappa shape index (κ1) is 35.1. The summed E-state index contributed by atoms with van der Waals surface area (Å²) in [7, 11) is 0. The Kier molecular flexibility index (Phi) is 25.7. The Hall–Kier alpha value is -1.92. The van der Waals surface area contributed by atoms with E-state index in [1.807, 2.05) is 18.2 Å². The minimum atomic E-state index is -0.787. The normalized spacial score (nSPS) is 13.5. The summed E-state index contributed by atoms with van der Waals surface area (Å²) in [4.78, 5) is 23.9. The van der Waals surface area contributed by atoms with Crippen LogP contribution in [-0.2, 0) is 19.1 Å². The Balaban J connectivity index is 3.70. The molecule has 37 heavy (non-hydrogen) atoms. The first-order valence-electron chi connectivity index (χ1n) is 14.7. The van der Waals surface area contributed by atoms with Gasteiger partial charge < -0.3 is 19.7 Å². The quantitative estimate of drug-likeness (QED) is 0.0573. The van der Waals surface area contributed by atoms with Gasteiger partial charge in [-0.15, -0.1) is 0 Å². The average molecular weight is 523 g/mol. The zero-order valence-corrected chi connectivity index (χ0v) is 23.6. The molecule has 0 saturated carbocycles. The largest absolute Gasteiger partial charge is 0.462 e. The fourth-order valence-corrected chi connectivity index (χ4v) is 3.76. The van der Waals surface area contributed by atoms with Crippen molar-refractivity contribution in [2.75, 3.05) is 13.2 Å². The molecule has 6 heteroatoms. The van der Waals surface area contributed by atoms with Gasteiger partial charge in [-0.3, -0.25) is 9.59 Å². The molecule has 0 aliphatic carbocycles. The molecule has 0 amide bonds. The Morgan fingerprint density at radius 1 is 0.757 bits per heavy atom. The SMILES string of the molecule is CC/C=C/CC(O)/C=C/C=C/CCCCCCCC(=O)OC[C@H](CO)OC(=O)CCCCCCCCC. The standard InChI is InChI=1S/C31H54O6/c1-3-5-7-8-12-17-21-25-31(35)37-29(26-32)27-36-30(34)24-20-16-14-11-9-10-13-15-19-23-28(33)22-18-6-4-2/h6,13,15,18-19,23,28-29,32-33H,3-5,7-12,14,16-17,20-22,24-27H2,1-2H3/b15-13+,18-6+,23-19+/t28?,29-/m0/s1. The van der Waals surface area contributed by atoms with Crippen LogP contribution in [0.5, 0.6) is 0 Å². The summed E-state index contributed by atoms with van der Waals surface area (Å²) in [5.41, 5.74) is 0. The first-order valence-corrected chi connectivity index (χ1v) is 14.7. The summed E-state index contributed by atoms with van der Waals surface area (Å²) >= 11 is 0. The molecular formula is C31H54O6. The topological polar surface area (TPSA) is 93.1 Å². The third kappa shape index (κ3) is 25.5. The van der Waals surface area contributed by atoms with Crippen LogP contribution in [0.15, 0.2) is 36.5 Å². The van der Waals surface area contributed by atoms with E-state index in [1.165, 1.54) is 25.7 Å². The number of aliphatic hydroxyl groups is 2. The van der Waals surface area contributed by atoms with Crippen molar-refractivity contribution in [2.45, 2.75) is 135 Å². The van der Waals surface area contributed by atoms with Gasteiger partial charge in [0, 0.05) is 12.8 Å². The Morgan fingerprint density at radius 2 is 1.38 bits per heavy atom. The van der Waals surface area contributed by atoms with E-state index >= 15 is 0 Å². The summed E-state index contributed by atoms with van der Waals surface area (Å²) in [5.74, 6) is -0.657. The predicted molar refractivity (Wildman–Crippen MR) is 151 cm³/mol. The van der Waals surface area contributed by atoms with Gasteiger partial charge in [-0.05, 0) is 38.5 Å². The van der Waals surface area contributed by atoms with E-state index in [0.717, 1.165) is 64.2 Å². The molecule has 0 aliphatic rings. The molecule has 0 rings (SSSR count). The van der Waals surface area contributed by atoms with Crippen molar-refractivity contribution in [1.29, 1.82) is 0 Å². The van der Waals surface area contributed by atoms with Crippen LogP contribution in [0.4, 0.5) is 0 Å². The van der Waals surface area contributed by atoms with Crippen molar-refractivity contribution in [3.8, 4) is 0 Å². The third-order valence-corrected chi connectivity index (χ3v) is 6.03. The molecule has 6 nitrogen and oxygen atoms in total. The second kappa shape index (κ2) is 27.1. The zero-order valence-electron chi connectivity index (χ0n) is 23.6. The molecule has 0 saturated heterocycles. The maximum Gasteiger partial charge on any atom is 0.306 e. The van der Waals surface area contributed by atoms with Gasteiger partial charge in [-0.2, -0.15) is 0 Å². The van der Waals surface area contributed by atoms with E-state index in [2.05, 4.69) is 26.0 Å². The van der Waals surface area contributed by atoms with E-state index in [-0.39, 0.29) is 25.2 Å². The van der Waals surface area contributed by atoms with Gasteiger partial charge in [-0.25, -0.2) is 0 Å². The van der Waals surface area contributed by atoms with Gasteiger partial charge in [0.2, 0.25) is 0 Å². The highest BCUT2D eigenvalue weighted by atomic mass is 16.6. The number of allylic oxidation sites excluding steroid dienone is 4. The van der Waals surface area contributed by atoms with Crippen molar-refractivity contribution in [3.05, 3.63) is 36.5 Å². The Labute approximate surface area is 226 Å². The molecule has 214 valence electrons. The molecule has 0 bridgehead atoms. The lowest BCUT2D eigenvalue weighted by molar-refractivity contribution is -0.161. The van der Waals surface area contributed by atoms with Crippen LogP contribution in [0.25, 0.3) is 0 Å². The highest BCUT2D eigenvalue weighted by molar-refractivity contribution is 5.70. The predicted octanol–water partition coefficient (Wildman–Crippen LogP) is 7.13. The van der Waals surface area contributed by atoms with E-state index in [4.69, 9.17) is 9.47 Å². The molecule has 0 aromatic heterocycles. The minimum absolute atomic E-state index is 0.0919. The summed E-state index contributed by atoms with van der Waals surface area (Å²) in [5, 5.41) is 19.2. The van der Waals surface area contributed by atoms with E-state index in [9.17, 15) is 19.8 Å². The summed E-state index contributed by atoms with van der Waals surface area (Å²) in [6.45, 7) is 3.82. The molecule has 0 aromatic rings. The molecule has 2 atom stereocenters. The molecule has 0 spiro atoms. The minimum Gasteiger partial charge on any atom is -0.462 e. The lowest BCUT2D eigenvalue weighted by atomic mass is 10.1. The van der Waals surface area contributed by atoms with Gasteiger partial charge >= 0.3 is 11.9 Å². The molecule has 1 unspecified atom stereocenters. The molecular weight excluding hydrogens is 468 g/mol. The molecule has 0 fully saturated rings. The van der Waals surface area contributed by atoms with Crippen molar-refractivity contribution in [1.82, 2.24) is 0 Å². The smallest absolute Gasteiger partial charge is 0.306 e. The number of unbranched alkanes of at least 4 members (excludes halogenated alkanes) is 11. The number of hydrogen-bond donors (Lipinski definition) is 2. The average Bonchev–Trinajstić information content (AvgIpc) is 2.89. The van der Waals surface area contributed by atoms with Crippen LogP contribution in [0, 0.1) is 0 Å². The second-order valence-corrected chi connectivity index (χ2v) is 9.65. The van der Waals surface area contributed by atoms with Gasteiger partial charge in [0.15, 0.2) is 6.10 Å². The van der Waals surface area contributed by atoms with Crippen LogP contribution < -0.4 is 0 Å².